The lowest BCUT2D eigenvalue weighted by Crippen LogP contribution is -2.47. The number of para-hydroxylation sites is 2. The SMILES string of the molecule is CCCCn1c(N2CCC(C(=O)NC(C)(C)C)CC2)nc2ccccc21. The van der Waals surface area contributed by atoms with Crippen LogP contribution >= 0.6 is 0 Å². The summed E-state index contributed by atoms with van der Waals surface area (Å²) in [5.41, 5.74) is 2.11. The van der Waals surface area contributed by atoms with Crippen molar-refractivity contribution in [1.29, 1.82) is 0 Å². The van der Waals surface area contributed by atoms with Crippen molar-refractivity contribution in [3.8, 4) is 0 Å². The van der Waals surface area contributed by atoms with Crippen molar-refractivity contribution in [2.24, 2.45) is 5.92 Å². The van der Waals surface area contributed by atoms with Crippen molar-refractivity contribution >= 4 is 22.9 Å². The minimum atomic E-state index is -0.164. The van der Waals surface area contributed by atoms with Gasteiger partial charge in [-0.1, -0.05) is 25.5 Å². The van der Waals surface area contributed by atoms with Crippen molar-refractivity contribution in [2.45, 2.75) is 65.5 Å². The fourth-order valence-corrected chi connectivity index (χ4v) is 3.65. The number of benzene rings is 1. The number of imidazole rings is 1. The Labute approximate surface area is 156 Å². The van der Waals surface area contributed by atoms with Crippen molar-refractivity contribution in [1.82, 2.24) is 14.9 Å². The molecule has 2 aromatic rings. The van der Waals surface area contributed by atoms with Crippen LogP contribution in [0.5, 0.6) is 0 Å². The van der Waals surface area contributed by atoms with Gasteiger partial charge in [0.05, 0.1) is 11.0 Å². The summed E-state index contributed by atoms with van der Waals surface area (Å²) in [4.78, 5) is 19.7. The fourth-order valence-electron chi connectivity index (χ4n) is 3.65. The minimum Gasteiger partial charge on any atom is -0.351 e. The molecule has 3 rings (SSSR count). The summed E-state index contributed by atoms with van der Waals surface area (Å²) in [6.45, 7) is 11.1. The smallest absolute Gasteiger partial charge is 0.223 e. The highest BCUT2D eigenvalue weighted by Crippen LogP contribution is 2.27. The predicted molar refractivity (Wildman–Crippen MR) is 107 cm³/mol. The molecule has 0 saturated carbocycles. The van der Waals surface area contributed by atoms with Gasteiger partial charge in [-0.25, -0.2) is 4.98 Å². The normalized spacial score (nSPS) is 16.2. The average molecular weight is 357 g/mol. The van der Waals surface area contributed by atoms with Gasteiger partial charge in [-0.2, -0.15) is 0 Å². The van der Waals surface area contributed by atoms with Gasteiger partial charge in [-0.05, 0) is 52.2 Å². The summed E-state index contributed by atoms with van der Waals surface area (Å²) < 4.78 is 2.36. The summed E-state index contributed by atoms with van der Waals surface area (Å²) in [6.07, 6.45) is 4.09. The van der Waals surface area contributed by atoms with Gasteiger partial charge in [0.25, 0.3) is 0 Å². The van der Waals surface area contributed by atoms with E-state index in [1.807, 2.05) is 26.8 Å². The van der Waals surface area contributed by atoms with Gasteiger partial charge in [0.2, 0.25) is 11.9 Å². The van der Waals surface area contributed by atoms with E-state index in [9.17, 15) is 4.79 Å². The van der Waals surface area contributed by atoms with Gasteiger partial charge < -0.3 is 14.8 Å². The second-order valence-electron chi connectivity index (χ2n) is 8.41. The van der Waals surface area contributed by atoms with Crippen LogP contribution in [0.3, 0.4) is 0 Å². The second kappa shape index (κ2) is 7.68. The Balaban J connectivity index is 1.74. The quantitative estimate of drug-likeness (QED) is 0.882. The van der Waals surface area contributed by atoms with E-state index in [-0.39, 0.29) is 17.4 Å². The van der Waals surface area contributed by atoms with Crippen LogP contribution in [-0.2, 0) is 11.3 Å². The van der Waals surface area contributed by atoms with Gasteiger partial charge in [0.15, 0.2) is 0 Å². The lowest BCUT2D eigenvalue weighted by molar-refractivity contribution is -0.127. The van der Waals surface area contributed by atoms with Gasteiger partial charge in [0, 0.05) is 31.1 Å². The van der Waals surface area contributed by atoms with Gasteiger partial charge in [-0.15, -0.1) is 0 Å². The largest absolute Gasteiger partial charge is 0.351 e. The van der Waals surface area contributed by atoms with Gasteiger partial charge in [-0.3, -0.25) is 4.79 Å². The van der Waals surface area contributed by atoms with E-state index in [0.717, 1.165) is 50.4 Å². The van der Waals surface area contributed by atoms with E-state index in [2.05, 4.69) is 39.9 Å². The Hall–Kier alpha value is -2.04. The Kier molecular flexibility index (Phi) is 5.54. The third-order valence-electron chi connectivity index (χ3n) is 5.02. The number of aryl methyl sites for hydroxylation is 1. The highest BCUT2D eigenvalue weighted by atomic mass is 16.2. The molecule has 1 aromatic carbocycles. The summed E-state index contributed by atoms with van der Waals surface area (Å²) in [5.74, 6) is 1.37. The molecule has 1 N–H and O–H groups in total. The van der Waals surface area contributed by atoms with Crippen LogP contribution in [0.2, 0.25) is 0 Å². The van der Waals surface area contributed by atoms with Crippen molar-refractivity contribution in [3.63, 3.8) is 0 Å². The van der Waals surface area contributed by atoms with Crippen LogP contribution in [0.15, 0.2) is 24.3 Å². The molecule has 0 atom stereocenters. The molecule has 26 heavy (non-hydrogen) atoms. The molecule has 5 nitrogen and oxygen atoms in total. The number of nitrogens with zero attached hydrogens (tertiary/aromatic N) is 3. The standard InChI is InChI=1S/C21H32N4O/c1-5-6-13-25-18-10-8-7-9-17(18)22-20(25)24-14-11-16(12-15-24)19(26)23-21(2,3)4/h7-10,16H,5-6,11-15H2,1-4H3,(H,23,26). The molecule has 1 aromatic heterocycles. The molecule has 0 bridgehead atoms. The number of rotatable bonds is 5. The maximum Gasteiger partial charge on any atom is 0.223 e. The number of fused-ring (bicyclic) bond motifs is 1. The highest BCUT2D eigenvalue weighted by Gasteiger charge is 2.29. The first kappa shape index (κ1) is 18.7. The zero-order valence-corrected chi connectivity index (χ0v) is 16.6. The van der Waals surface area contributed by atoms with E-state index >= 15 is 0 Å². The monoisotopic (exact) mass is 356 g/mol. The Morgan fingerprint density at radius 3 is 2.58 bits per heavy atom. The van der Waals surface area contributed by atoms with Crippen LogP contribution in [0, 0.1) is 5.92 Å². The summed E-state index contributed by atoms with van der Waals surface area (Å²) in [7, 11) is 0. The molecular formula is C21H32N4O. The number of carbonyl (C=O) groups is 1. The van der Waals surface area contributed by atoms with Crippen molar-refractivity contribution in [3.05, 3.63) is 24.3 Å². The highest BCUT2D eigenvalue weighted by molar-refractivity contribution is 5.80. The lowest BCUT2D eigenvalue weighted by Gasteiger charge is -2.34. The molecular weight excluding hydrogens is 324 g/mol. The van der Waals surface area contributed by atoms with Crippen molar-refractivity contribution in [2.75, 3.05) is 18.0 Å². The average Bonchev–Trinajstić information content (AvgIpc) is 2.97. The molecule has 1 saturated heterocycles. The molecule has 0 spiro atoms. The van der Waals surface area contributed by atoms with Crippen LogP contribution < -0.4 is 10.2 Å². The maximum absolute atomic E-state index is 12.5. The molecule has 1 fully saturated rings. The lowest BCUT2D eigenvalue weighted by atomic mass is 9.94. The number of piperidine rings is 1. The third kappa shape index (κ3) is 4.19. The van der Waals surface area contributed by atoms with Gasteiger partial charge >= 0.3 is 0 Å². The van der Waals surface area contributed by atoms with Gasteiger partial charge in [0.1, 0.15) is 0 Å². The zero-order chi connectivity index (χ0) is 18.7. The molecule has 0 radical (unpaired) electrons. The molecule has 1 aliphatic rings. The summed E-state index contributed by atoms with van der Waals surface area (Å²) >= 11 is 0. The Morgan fingerprint density at radius 1 is 1.23 bits per heavy atom. The number of unbranched alkanes of at least 4 members (excludes halogenated alkanes) is 1. The van der Waals surface area contributed by atoms with E-state index < -0.39 is 0 Å². The maximum atomic E-state index is 12.5. The number of anilines is 1. The van der Waals surface area contributed by atoms with E-state index in [0.29, 0.717) is 0 Å². The third-order valence-corrected chi connectivity index (χ3v) is 5.02. The molecule has 142 valence electrons. The van der Waals surface area contributed by atoms with Crippen molar-refractivity contribution < 1.29 is 4.79 Å². The number of aromatic nitrogens is 2. The first-order chi connectivity index (χ1) is 12.4. The summed E-state index contributed by atoms with van der Waals surface area (Å²) in [5, 5.41) is 3.13. The first-order valence-corrected chi connectivity index (χ1v) is 9.91. The van der Waals surface area contributed by atoms with Crippen LogP contribution in [0.4, 0.5) is 5.95 Å². The number of carbonyl (C=O) groups excluding carboxylic acids is 1. The van der Waals surface area contributed by atoms with Crippen LogP contribution in [-0.4, -0.2) is 34.1 Å². The molecule has 0 unspecified atom stereocenters. The zero-order valence-electron chi connectivity index (χ0n) is 16.6. The topological polar surface area (TPSA) is 50.2 Å². The minimum absolute atomic E-state index is 0.110. The van der Waals surface area contributed by atoms with E-state index in [4.69, 9.17) is 4.98 Å². The number of nitrogens with one attached hydrogen (secondary N) is 1. The number of hydrogen-bond donors (Lipinski definition) is 1. The molecule has 5 heteroatoms. The molecule has 0 aliphatic carbocycles. The Bertz CT molecular complexity index is 751. The predicted octanol–water partition coefficient (Wildman–Crippen LogP) is 3.97. The molecule has 2 heterocycles. The number of amides is 1. The van der Waals surface area contributed by atoms with Crippen LogP contribution in [0.1, 0.15) is 53.4 Å². The number of hydrogen-bond acceptors (Lipinski definition) is 3. The molecule has 1 amide bonds. The summed E-state index contributed by atoms with van der Waals surface area (Å²) in [6, 6.07) is 8.38. The second-order valence-corrected chi connectivity index (χ2v) is 8.41. The Morgan fingerprint density at radius 2 is 1.92 bits per heavy atom. The first-order valence-electron chi connectivity index (χ1n) is 9.91. The van der Waals surface area contributed by atoms with Crippen LogP contribution in [0.25, 0.3) is 11.0 Å². The van der Waals surface area contributed by atoms with E-state index in [1.165, 1.54) is 11.9 Å². The molecule has 1 aliphatic heterocycles. The van der Waals surface area contributed by atoms with E-state index in [1.54, 1.807) is 0 Å². The fraction of sp³-hybridized carbons (Fsp3) is 0.619.